The van der Waals surface area contributed by atoms with Gasteiger partial charge in [0.05, 0.1) is 10.6 Å². The minimum absolute atomic E-state index is 0.115. The topological polar surface area (TPSA) is 49.8 Å². The Morgan fingerprint density at radius 2 is 1.95 bits per heavy atom. The molecule has 0 radical (unpaired) electrons. The van der Waals surface area contributed by atoms with E-state index in [0.29, 0.717) is 11.8 Å². The molecule has 0 aromatic heterocycles. The number of ether oxygens (including phenoxy) is 1. The Hall–Kier alpha value is -1.26. The van der Waals surface area contributed by atoms with Gasteiger partial charge in [-0.25, -0.2) is 4.79 Å². The number of carboxylic acid groups (broad SMARTS) is 1. The molecule has 1 aromatic carbocycles. The molecular formula is C16H20ClNO3. The number of piperidine rings is 1. The van der Waals surface area contributed by atoms with Crippen LogP contribution in [0.15, 0.2) is 18.2 Å². The Morgan fingerprint density at radius 3 is 2.57 bits per heavy atom. The van der Waals surface area contributed by atoms with Gasteiger partial charge in [0.25, 0.3) is 0 Å². The summed E-state index contributed by atoms with van der Waals surface area (Å²) in [5, 5.41) is 9.17. The average Bonchev–Trinajstić information content (AvgIpc) is 2.43. The smallest absolute Gasteiger partial charge is 0.337 e. The van der Waals surface area contributed by atoms with Crippen LogP contribution in [0.1, 0.15) is 42.5 Å². The molecule has 0 atom stereocenters. The predicted octanol–water partition coefficient (Wildman–Crippen LogP) is 3.43. The van der Waals surface area contributed by atoms with Gasteiger partial charge in [-0.2, -0.15) is 0 Å². The maximum Gasteiger partial charge on any atom is 0.337 e. The molecule has 4 nitrogen and oxygen atoms in total. The summed E-state index contributed by atoms with van der Waals surface area (Å²) in [6, 6.07) is 5.44. The van der Waals surface area contributed by atoms with Crippen LogP contribution in [0, 0.1) is 0 Å². The first-order valence-electron chi connectivity index (χ1n) is 7.57. The number of halogens is 1. The number of hydrogen-bond acceptors (Lipinski definition) is 3. The number of rotatable bonds is 4. The van der Waals surface area contributed by atoms with Crippen LogP contribution in [0.25, 0.3) is 0 Å². The lowest BCUT2D eigenvalue weighted by Gasteiger charge is -2.44. The molecule has 0 bridgehead atoms. The van der Waals surface area contributed by atoms with Crippen LogP contribution in [0.2, 0.25) is 5.02 Å². The largest absolute Gasteiger partial charge is 0.490 e. The van der Waals surface area contributed by atoms with Crippen molar-refractivity contribution in [3.05, 3.63) is 28.8 Å². The van der Waals surface area contributed by atoms with Gasteiger partial charge in [-0.05, 0) is 44.1 Å². The lowest BCUT2D eigenvalue weighted by molar-refractivity contribution is 0.00892. The highest BCUT2D eigenvalue weighted by Gasteiger charge is 2.35. The Kier molecular flexibility index (Phi) is 4.36. The van der Waals surface area contributed by atoms with Crippen molar-refractivity contribution < 1.29 is 14.6 Å². The Labute approximate surface area is 129 Å². The van der Waals surface area contributed by atoms with Gasteiger partial charge in [0.15, 0.2) is 0 Å². The van der Waals surface area contributed by atoms with Gasteiger partial charge in [-0.15, -0.1) is 0 Å². The summed E-state index contributed by atoms with van der Waals surface area (Å²) in [5.41, 5.74) is 0.115. The zero-order valence-electron chi connectivity index (χ0n) is 11.9. The standard InChI is InChI=1S/C16H20ClNO3/c17-15-10-12(4-5-14(15)16(19)20)21-13-8-11(9-13)18-6-2-1-3-7-18/h4-5,10-11,13H,1-3,6-9H2,(H,19,20). The summed E-state index contributed by atoms with van der Waals surface area (Å²) in [4.78, 5) is 13.5. The summed E-state index contributed by atoms with van der Waals surface area (Å²) >= 11 is 5.95. The molecule has 5 heteroatoms. The number of carboxylic acids is 1. The summed E-state index contributed by atoms with van der Waals surface area (Å²) in [5.74, 6) is -0.354. The summed E-state index contributed by atoms with van der Waals surface area (Å²) in [6.45, 7) is 2.44. The first-order chi connectivity index (χ1) is 10.1. The van der Waals surface area contributed by atoms with E-state index >= 15 is 0 Å². The van der Waals surface area contributed by atoms with Gasteiger partial charge < -0.3 is 14.7 Å². The van der Waals surface area contributed by atoms with E-state index in [4.69, 9.17) is 21.4 Å². The van der Waals surface area contributed by atoms with E-state index in [1.165, 1.54) is 38.4 Å². The van der Waals surface area contributed by atoms with Crippen molar-refractivity contribution >= 4 is 17.6 Å². The Morgan fingerprint density at radius 1 is 1.24 bits per heavy atom. The van der Waals surface area contributed by atoms with Crippen molar-refractivity contribution in [2.75, 3.05) is 13.1 Å². The lowest BCUT2D eigenvalue weighted by atomic mass is 9.86. The molecule has 1 aliphatic heterocycles. The second-order valence-electron chi connectivity index (χ2n) is 5.91. The van der Waals surface area contributed by atoms with Crippen LogP contribution in [0.5, 0.6) is 5.75 Å². The fraction of sp³-hybridized carbons (Fsp3) is 0.562. The summed E-state index contributed by atoms with van der Waals surface area (Å²) in [7, 11) is 0. The third kappa shape index (κ3) is 3.33. The van der Waals surface area contributed by atoms with Crippen LogP contribution in [-0.2, 0) is 0 Å². The molecular weight excluding hydrogens is 290 g/mol. The number of carbonyl (C=O) groups is 1. The fourth-order valence-electron chi connectivity index (χ4n) is 3.15. The highest BCUT2D eigenvalue weighted by atomic mass is 35.5. The maximum absolute atomic E-state index is 10.9. The molecule has 1 aromatic rings. The summed E-state index contributed by atoms with van der Waals surface area (Å²) < 4.78 is 5.88. The van der Waals surface area contributed by atoms with Gasteiger partial charge in [0, 0.05) is 18.9 Å². The minimum atomic E-state index is -1.01. The molecule has 21 heavy (non-hydrogen) atoms. The highest BCUT2D eigenvalue weighted by molar-refractivity contribution is 6.33. The fourth-order valence-corrected chi connectivity index (χ4v) is 3.40. The van der Waals surface area contributed by atoms with E-state index in [2.05, 4.69) is 4.90 Å². The number of likely N-dealkylation sites (tertiary alicyclic amines) is 1. The minimum Gasteiger partial charge on any atom is -0.490 e. The molecule has 2 fully saturated rings. The molecule has 1 N–H and O–H groups in total. The van der Waals surface area contributed by atoms with E-state index < -0.39 is 5.97 Å². The quantitative estimate of drug-likeness (QED) is 0.925. The molecule has 3 rings (SSSR count). The van der Waals surface area contributed by atoms with Crippen molar-refractivity contribution in [1.29, 1.82) is 0 Å². The van der Waals surface area contributed by atoms with Crippen LogP contribution in [-0.4, -0.2) is 41.2 Å². The zero-order chi connectivity index (χ0) is 14.8. The average molecular weight is 310 g/mol. The Balaban J connectivity index is 1.52. The molecule has 2 aliphatic rings. The van der Waals surface area contributed by atoms with Crippen molar-refractivity contribution in [3.63, 3.8) is 0 Å². The molecule has 0 spiro atoms. The van der Waals surface area contributed by atoms with Gasteiger partial charge in [0.1, 0.15) is 11.9 Å². The van der Waals surface area contributed by atoms with Crippen molar-refractivity contribution in [3.8, 4) is 5.75 Å². The monoisotopic (exact) mass is 309 g/mol. The van der Waals surface area contributed by atoms with Crippen LogP contribution >= 0.6 is 11.6 Å². The van der Waals surface area contributed by atoms with E-state index in [1.807, 2.05) is 0 Å². The molecule has 1 saturated heterocycles. The zero-order valence-corrected chi connectivity index (χ0v) is 12.7. The highest BCUT2D eigenvalue weighted by Crippen LogP contribution is 2.32. The van der Waals surface area contributed by atoms with Crippen molar-refractivity contribution in [2.45, 2.75) is 44.2 Å². The predicted molar refractivity (Wildman–Crippen MR) is 81.3 cm³/mol. The molecule has 1 aliphatic carbocycles. The molecule has 0 amide bonds. The molecule has 114 valence electrons. The SMILES string of the molecule is O=C(O)c1ccc(OC2CC(N3CCCCC3)C2)cc1Cl. The number of benzene rings is 1. The number of hydrogen-bond donors (Lipinski definition) is 1. The van der Waals surface area contributed by atoms with E-state index in [1.54, 1.807) is 12.1 Å². The van der Waals surface area contributed by atoms with Crippen LogP contribution in [0.3, 0.4) is 0 Å². The number of aromatic carboxylic acids is 1. The second kappa shape index (κ2) is 6.24. The van der Waals surface area contributed by atoms with Crippen LogP contribution in [0.4, 0.5) is 0 Å². The van der Waals surface area contributed by atoms with E-state index in [-0.39, 0.29) is 16.7 Å². The van der Waals surface area contributed by atoms with Gasteiger partial charge in [-0.1, -0.05) is 18.0 Å². The van der Waals surface area contributed by atoms with E-state index in [0.717, 1.165) is 12.8 Å². The first-order valence-corrected chi connectivity index (χ1v) is 7.95. The maximum atomic E-state index is 10.9. The van der Waals surface area contributed by atoms with Gasteiger partial charge >= 0.3 is 5.97 Å². The Bertz CT molecular complexity index is 522. The van der Waals surface area contributed by atoms with Crippen LogP contribution < -0.4 is 4.74 Å². The van der Waals surface area contributed by atoms with Gasteiger partial charge in [-0.3, -0.25) is 0 Å². The first kappa shape index (κ1) is 14.7. The molecule has 1 heterocycles. The second-order valence-corrected chi connectivity index (χ2v) is 6.32. The van der Waals surface area contributed by atoms with E-state index in [9.17, 15) is 4.79 Å². The number of nitrogens with zero attached hydrogens (tertiary/aromatic N) is 1. The van der Waals surface area contributed by atoms with Gasteiger partial charge in [0.2, 0.25) is 0 Å². The summed E-state index contributed by atoms with van der Waals surface area (Å²) in [6.07, 6.45) is 6.32. The third-order valence-electron chi connectivity index (χ3n) is 4.45. The normalized spacial score (nSPS) is 26.1. The van der Waals surface area contributed by atoms with Crippen molar-refractivity contribution in [1.82, 2.24) is 4.90 Å². The lowest BCUT2D eigenvalue weighted by Crippen LogP contribution is -2.50. The molecule has 0 unspecified atom stereocenters. The van der Waals surface area contributed by atoms with Crippen molar-refractivity contribution in [2.24, 2.45) is 0 Å². The third-order valence-corrected chi connectivity index (χ3v) is 4.76. The molecule has 1 saturated carbocycles.